The van der Waals surface area contributed by atoms with E-state index in [9.17, 15) is 0 Å². The van der Waals surface area contributed by atoms with Crippen molar-refractivity contribution in [1.82, 2.24) is 10.3 Å². The fourth-order valence-electron chi connectivity index (χ4n) is 2.55. The molecular formula is C14H14Cl2N2. The normalized spacial score (nSPS) is 20.2. The van der Waals surface area contributed by atoms with Gasteiger partial charge in [-0.25, -0.2) is 4.98 Å². The van der Waals surface area contributed by atoms with Crippen LogP contribution in [0.15, 0.2) is 24.3 Å². The summed E-state index contributed by atoms with van der Waals surface area (Å²) in [4.78, 5) is 4.28. The van der Waals surface area contributed by atoms with E-state index in [1.807, 2.05) is 12.1 Å². The van der Waals surface area contributed by atoms with Crippen LogP contribution < -0.4 is 5.32 Å². The van der Waals surface area contributed by atoms with Crippen molar-refractivity contribution in [2.24, 2.45) is 0 Å². The monoisotopic (exact) mass is 280 g/mol. The largest absolute Gasteiger partial charge is 0.310 e. The number of benzene rings is 1. The number of piperidine rings is 1. The van der Waals surface area contributed by atoms with E-state index in [0.29, 0.717) is 11.2 Å². The van der Waals surface area contributed by atoms with E-state index >= 15 is 0 Å². The summed E-state index contributed by atoms with van der Waals surface area (Å²) >= 11 is 12.4. The van der Waals surface area contributed by atoms with Crippen LogP contribution in [-0.2, 0) is 0 Å². The molecule has 1 atom stereocenters. The van der Waals surface area contributed by atoms with E-state index in [1.54, 1.807) is 6.07 Å². The van der Waals surface area contributed by atoms with Gasteiger partial charge in [-0.15, -0.1) is 0 Å². The topological polar surface area (TPSA) is 24.9 Å². The molecule has 2 nitrogen and oxygen atoms in total. The molecule has 1 unspecified atom stereocenters. The molecule has 1 N–H and O–H groups in total. The lowest BCUT2D eigenvalue weighted by Gasteiger charge is -2.25. The van der Waals surface area contributed by atoms with Crippen molar-refractivity contribution in [3.05, 3.63) is 40.0 Å². The third kappa shape index (κ3) is 2.20. The number of pyridine rings is 1. The molecule has 2 heterocycles. The number of nitrogens with zero attached hydrogens (tertiary/aromatic N) is 1. The van der Waals surface area contributed by atoms with E-state index in [-0.39, 0.29) is 0 Å². The summed E-state index contributed by atoms with van der Waals surface area (Å²) < 4.78 is 0. The maximum Gasteiger partial charge on any atom is 0.129 e. The highest BCUT2D eigenvalue weighted by molar-refractivity contribution is 6.36. The SMILES string of the molecule is Clc1ccc2c(Cl)c(C3CCCCN3)ccc2n1. The lowest BCUT2D eigenvalue weighted by Crippen LogP contribution is -2.26. The van der Waals surface area contributed by atoms with Crippen LogP contribution in [0.25, 0.3) is 10.9 Å². The van der Waals surface area contributed by atoms with Gasteiger partial charge in [-0.05, 0) is 43.1 Å². The Labute approximate surface area is 116 Å². The number of aromatic nitrogens is 1. The van der Waals surface area contributed by atoms with Gasteiger partial charge in [0.15, 0.2) is 0 Å². The van der Waals surface area contributed by atoms with Crippen molar-refractivity contribution in [2.45, 2.75) is 25.3 Å². The summed E-state index contributed by atoms with van der Waals surface area (Å²) in [5.41, 5.74) is 2.03. The zero-order valence-electron chi connectivity index (χ0n) is 9.92. The first-order chi connectivity index (χ1) is 8.75. The molecule has 0 amide bonds. The van der Waals surface area contributed by atoms with Crippen LogP contribution in [0.2, 0.25) is 10.2 Å². The Bertz CT molecular complexity index is 577. The molecule has 0 aliphatic carbocycles. The Morgan fingerprint density at radius 1 is 1.11 bits per heavy atom. The number of halogens is 2. The van der Waals surface area contributed by atoms with Crippen molar-refractivity contribution < 1.29 is 0 Å². The second-order valence-electron chi connectivity index (χ2n) is 4.67. The molecule has 0 bridgehead atoms. The standard InChI is InChI=1S/C14H14Cl2N2/c15-13-7-5-10-12(18-13)6-4-9(14(10)16)11-3-1-2-8-17-11/h4-7,11,17H,1-3,8H2. The fourth-order valence-corrected chi connectivity index (χ4v) is 3.06. The first-order valence-corrected chi connectivity index (χ1v) is 6.99. The van der Waals surface area contributed by atoms with Crippen molar-refractivity contribution in [3.8, 4) is 0 Å². The first-order valence-electron chi connectivity index (χ1n) is 6.24. The van der Waals surface area contributed by atoms with Crippen molar-refractivity contribution >= 4 is 34.1 Å². The molecule has 1 aromatic heterocycles. The van der Waals surface area contributed by atoms with E-state index < -0.39 is 0 Å². The number of hydrogen-bond donors (Lipinski definition) is 1. The molecule has 18 heavy (non-hydrogen) atoms. The van der Waals surface area contributed by atoms with Crippen LogP contribution >= 0.6 is 23.2 Å². The summed E-state index contributed by atoms with van der Waals surface area (Å²) in [6.45, 7) is 1.07. The molecule has 0 radical (unpaired) electrons. The van der Waals surface area contributed by atoms with E-state index in [1.165, 1.54) is 18.4 Å². The van der Waals surface area contributed by atoms with Gasteiger partial charge >= 0.3 is 0 Å². The lowest BCUT2D eigenvalue weighted by molar-refractivity contribution is 0.412. The third-order valence-corrected chi connectivity index (χ3v) is 4.12. The Morgan fingerprint density at radius 3 is 2.78 bits per heavy atom. The average molecular weight is 281 g/mol. The number of nitrogens with one attached hydrogen (secondary N) is 1. The quantitative estimate of drug-likeness (QED) is 0.786. The summed E-state index contributed by atoms with van der Waals surface area (Å²) in [7, 11) is 0. The highest BCUT2D eigenvalue weighted by atomic mass is 35.5. The highest BCUT2D eigenvalue weighted by Crippen LogP contribution is 2.34. The van der Waals surface area contributed by atoms with E-state index in [4.69, 9.17) is 23.2 Å². The van der Waals surface area contributed by atoms with Crippen LogP contribution in [0, 0.1) is 0 Å². The molecular weight excluding hydrogens is 267 g/mol. The van der Waals surface area contributed by atoms with Gasteiger partial charge in [0.25, 0.3) is 0 Å². The van der Waals surface area contributed by atoms with Crippen LogP contribution in [-0.4, -0.2) is 11.5 Å². The molecule has 1 fully saturated rings. The smallest absolute Gasteiger partial charge is 0.129 e. The first kappa shape index (κ1) is 12.2. The van der Waals surface area contributed by atoms with Gasteiger partial charge in [0.1, 0.15) is 5.15 Å². The maximum absolute atomic E-state index is 6.50. The number of hydrogen-bond acceptors (Lipinski definition) is 2. The summed E-state index contributed by atoms with van der Waals surface area (Å²) in [6, 6.07) is 8.16. The second-order valence-corrected chi connectivity index (χ2v) is 5.44. The molecule has 94 valence electrons. The molecule has 3 rings (SSSR count). The van der Waals surface area contributed by atoms with Crippen LogP contribution in [0.5, 0.6) is 0 Å². The van der Waals surface area contributed by atoms with Gasteiger partial charge in [0, 0.05) is 11.4 Å². The predicted octanol–water partition coefficient (Wildman–Crippen LogP) is 4.36. The summed E-state index contributed by atoms with van der Waals surface area (Å²) in [5, 5.41) is 5.80. The zero-order valence-corrected chi connectivity index (χ0v) is 11.4. The summed E-state index contributed by atoms with van der Waals surface area (Å²) in [5.74, 6) is 0. The average Bonchev–Trinajstić information content (AvgIpc) is 2.40. The molecule has 2 aromatic rings. The Hall–Kier alpha value is -0.830. The molecule has 0 saturated carbocycles. The van der Waals surface area contributed by atoms with Gasteiger partial charge < -0.3 is 5.32 Å². The predicted molar refractivity (Wildman–Crippen MR) is 76.4 cm³/mol. The fraction of sp³-hybridized carbons (Fsp3) is 0.357. The summed E-state index contributed by atoms with van der Waals surface area (Å²) in [6.07, 6.45) is 3.65. The van der Waals surface area contributed by atoms with Crippen LogP contribution in [0.3, 0.4) is 0 Å². The molecule has 1 aliphatic rings. The molecule has 1 saturated heterocycles. The minimum absolute atomic E-state index is 0.367. The van der Waals surface area contributed by atoms with E-state index in [0.717, 1.165) is 28.9 Å². The van der Waals surface area contributed by atoms with Crippen LogP contribution in [0.1, 0.15) is 30.9 Å². The van der Waals surface area contributed by atoms with Crippen molar-refractivity contribution in [3.63, 3.8) is 0 Å². The zero-order chi connectivity index (χ0) is 12.5. The van der Waals surface area contributed by atoms with Crippen molar-refractivity contribution in [2.75, 3.05) is 6.54 Å². The van der Waals surface area contributed by atoms with Gasteiger partial charge in [-0.2, -0.15) is 0 Å². The molecule has 1 aromatic carbocycles. The van der Waals surface area contributed by atoms with Gasteiger partial charge in [-0.3, -0.25) is 0 Å². The highest BCUT2D eigenvalue weighted by Gasteiger charge is 2.18. The Morgan fingerprint density at radius 2 is 2.00 bits per heavy atom. The minimum atomic E-state index is 0.367. The van der Waals surface area contributed by atoms with Gasteiger partial charge in [0.2, 0.25) is 0 Å². The lowest BCUT2D eigenvalue weighted by atomic mass is 9.96. The number of fused-ring (bicyclic) bond motifs is 1. The van der Waals surface area contributed by atoms with Crippen LogP contribution in [0.4, 0.5) is 0 Å². The molecule has 1 aliphatic heterocycles. The third-order valence-electron chi connectivity index (χ3n) is 3.49. The second kappa shape index (κ2) is 5.04. The maximum atomic E-state index is 6.50. The Balaban J connectivity index is 2.08. The molecule has 0 spiro atoms. The number of rotatable bonds is 1. The Kier molecular flexibility index (Phi) is 3.42. The van der Waals surface area contributed by atoms with Gasteiger partial charge in [-0.1, -0.05) is 35.7 Å². The molecule has 4 heteroatoms. The van der Waals surface area contributed by atoms with Gasteiger partial charge in [0.05, 0.1) is 10.5 Å². The minimum Gasteiger partial charge on any atom is -0.310 e. The van der Waals surface area contributed by atoms with E-state index in [2.05, 4.69) is 16.4 Å². The van der Waals surface area contributed by atoms with Crippen molar-refractivity contribution in [1.29, 1.82) is 0 Å².